The van der Waals surface area contributed by atoms with Crippen molar-refractivity contribution < 1.29 is 13.2 Å². The van der Waals surface area contributed by atoms with Crippen LogP contribution in [0.4, 0.5) is 0 Å². The van der Waals surface area contributed by atoms with E-state index in [0.29, 0.717) is 30.3 Å². The lowest BCUT2D eigenvalue weighted by Gasteiger charge is -2.38. The number of aryl methyl sites for hydroxylation is 2. The molecule has 1 aromatic heterocycles. The topological polar surface area (TPSA) is 77.3 Å². The number of benzene rings is 2. The first-order valence-corrected chi connectivity index (χ1v) is 11.4. The fourth-order valence-electron chi connectivity index (χ4n) is 3.71. The number of nitrogens with zero attached hydrogens (tertiary/aromatic N) is 4. The molecule has 0 aliphatic carbocycles. The standard InChI is InChI=1S/C22H26N4O3S/c1-15-10-16(2)18(4)22(17(15)3)30(27,28)25-12-20(13-25)26-11-19(23-24-26)14-29-21-8-6-5-7-9-21/h5-11,20H,12-14H2,1-4H3. The number of rotatable bonds is 6. The van der Waals surface area contributed by atoms with Crippen LogP contribution in [0.15, 0.2) is 47.5 Å². The van der Waals surface area contributed by atoms with Gasteiger partial charge in [0.15, 0.2) is 0 Å². The normalized spacial score (nSPS) is 15.2. The van der Waals surface area contributed by atoms with Gasteiger partial charge in [0.25, 0.3) is 0 Å². The van der Waals surface area contributed by atoms with Crippen LogP contribution in [-0.4, -0.2) is 40.8 Å². The number of para-hydroxylation sites is 1. The molecule has 158 valence electrons. The third-order valence-electron chi connectivity index (χ3n) is 5.79. The minimum Gasteiger partial charge on any atom is -0.487 e. The molecule has 0 N–H and O–H groups in total. The summed E-state index contributed by atoms with van der Waals surface area (Å²) in [5.74, 6) is 0.771. The zero-order chi connectivity index (χ0) is 21.5. The molecule has 4 rings (SSSR count). The molecule has 1 aliphatic heterocycles. The van der Waals surface area contributed by atoms with E-state index in [0.717, 1.165) is 28.0 Å². The Morgan fingerprint density at radius 1 is 1.03 bits per heavy atom. The lowest BCUT2D eigenvalue weighted by molar-refractivity contribution is 0.188. The number of ether oxygens (including phenoxy) is 1. The summed E-state index contributed by atoms with van der Waals surface area (Å²) in [6.07, 6.45) is 1.82. The molecule has 0 unspecified atom stereocenters. The second-order valence-electron chi connectivity index (χ2n) is 7.86. The molecule has 1 aliphatic rings. The Morgan fingerprint density at radius 2 is 1.67 bits per heavy atom. The van der Waals surface area contributed by atoms with Crippen molar-refractivity contribution in [1.82, 2.24) is 19.3 Å². The molecule has 1 fully saturated rings. The van der Waals surface area contributed by atoms with Crippen molar-refractivity contribution in [2.75, 3.05) is 13.1 Å². The highest BCUT2D eigenvalue weighted by molar-refractivity contribution is 7.89. The van der Waals surface area contributed by atoms with Gasteiger partial charge >= 0.3 is 0 Å². The summed E-state index contributed by atoms with van der Waals surface area (Å²) in [7, 11) is -3.54. The molecule has 0 amide bonds. The van der Waals surface area contributed by atoms with Crippen molar-refractivity contribution in [2.45, 2.75) is 45.2 Å². The van der Waals surface area contributed by atoms with E-state index in [1.54, 1.807) is 4.68 Å². The van der Waals surface area contributed by atoms with Crippen molar-refractivity contribution >= 4 is 10.0 Å². The molecule has 7 nitrogen and oxygen atoms in total. The van der Waals surface area contributed by atoms with E-state index >= 15 is 0 Å². The molecule has 2 aromatic carbocycles. The molecule has 0 saturated carbocycles. The fraction of sp³-hybridized carbons (Fsp3) is 0.364. The first-order chi connectivity index (χ1) is 14.3. The first kappa shape index (κ1) is 20.6. The van der Waals surface area contributed by atoms with Crippen molar-refractivity contribution in [3.05, 3.63) is 70.5 Å². The molecule has 30 heavy (non-hydrogen) atoms. The summed E-state index contributed by atoms with van der Waals surface area (Å²) in [5, 5.41) is 8.32. The smallest absolute Gasteiger partial charge is 0.243 e. The Kier molecular flexibility index (Phi) is 5.38. The molecular formula is C22H26N4O3S. The predicted molar refractivity (Wildman–Crippen MR) is 114 cm³/mol. The number of aromatic nitrogens is 3. The summed E-state index contributed by atoms with van der Waals surface area (Å²) in [4.78, 5) is 0.439. The summed E-state index contributed by atoms with van der Waals surface area (Å²) >= 11 is 0. The zero-order valence-electron chi connectivity index (χ0n) is 17.7. The van der Waals surface area contributed by atoms with Gasteiger partial charge in [-0.05, 0) is 62.1 Å². The summed E-state index contributed by atoms with van der Waals surface area (Å²) in [6.45, 7) is 8.75. The maximum atomic E-state index is 13.3. The maximum Gasteiger partial charge on any atom is 0.243 e. The van der Waals surface area contributed by atoms with Gasteiger partial charge in [-0.1, -0.05) is 29.5 Å². The van der Waals surface area contributed by atoms with E-state index in [9.17, 15) is 8.42 Å². The van der Waals surface area contributed by atoms with Crippen LogP contribution in [0.1, 0.15) is 34.0 Å². The minimum absolute atomic E-state index is 0.0238. The Morgan fingerprint density at radius 3 is 2.30 bits per heavy atom. The van der Waals surface area contributed by atoms with Crippen molar-refractivity contribution in [1.29, 1.82) is 0 Å². The van der Waals surface area contributed by atoms with Crippen molar-refractivity contribution in [2.24, 2.45) is 0 Å². The zero-order valence-corrected chi connectivity index (χ0v) is 18.5. The molecule has 0 atom stereocenters. The van der Waals surface area contributed by atoms with E-state index < -0.39 is 10.0 Å². The Hall–Kier alpha value is -2.71. The van der Waals surface area contributed by atoms with Gasteiger partial charge in [0.2, 0.25) is 10.0 Å². The Labute approximate surface area is 177 Å². The SMILES string of the molecule is Cc1cc(C)c(C)c(S(=O)(=O)N2CC(n3cc(COc4ccccc4)nn3)C2)c1C. The molecular weight excluding hydrogens is 400 g/mol. The summed E-state index contributed by atoms with van der Waals surface area (Å²) < 4.78 is 35.5. The van der Waals surface area contributed by atoms with E-state index in [-0.39, 0.29) is 6.04 Å². The van der Waals surface area contributed by atoms with Gasteiger partial charge in [0.05, 0.1) is 17.1 Å². The number of sulfonamides is 1. The van der Waals surface area contributed by atoms with Crippen molar-refractivity contribution in [3.63, 3.8) is 0 Å². The van der Waals surface area contributed by atoms with E-state index in [4.69, 9.17) is 4.74 Å². The number of hydrogen-bond donors (Lipinski definition) is 0. The fourth-order valence-corrected chi connectivity index (χ4v) is 5.80. The highest BCUT2D eigenvalue weighted by atomic mass is 32.2. The van der Waals surface area contributed by atoms with Gasteiger partial charge < -0.3 is 4.74 Å². The second kappa shape index (κ2) is 7.85. The third kappa shape index (κ3) is 3.73. The summed E-state index contributed by atoms with van der Waals surface area (Å²) in [5.41, 5.74) is 4.34. The van der Waals surface area contributed by atoms with Gasteiger partial charge in [-0.2, -0.15) is 4.31 Å². The number of hydrogen-bond acceptors (Lipinski definition) is 5. The van der Waals surface area contributed by atoms with Crippen LogP contribution in [-0.2, 0) is 16.6 Å². The van der Waals surface area contributed by atoms with E-state index in [1.807, 2.05) is 70.3 Å². The lowest BCUT2D eigenvalue weighted by Crippen LogP contribution is -2.51. The molecule has 8 heteroatoms. The van der Waals surface area contributed by atoms with E-state index in [1.165, 1.54) is 4.31 Å². The van der Waals surface area contributed by atoms with Gasteiger partial charge in [0, 0.05) is 13.1 Å². The molecule has 1 saturated heterocycles. The highest BCUT2D eigenvalue weighted by Crippen LogP contribution is 2.33. The molecule has 0 radical (unpaired) electrons. The average Bonchev–Trinajstić information content (AvgIpc) is 3.12. The van der Waals surface area contributed by atoms with Crippen LogP contribution < -0.4 is 4.74 Å². The van der Waals surface area contributed by atoms with Crippen LogP contribution in [0, 0.1) is 27.7 Å². The van der Waals surface area contributed by atoms with Gasteiger partial charge in [-0.25, -0.2) is 13.1 Å². The first-order valence-electron chi connectivity index (χ1n) is 9.93. The highest BCUT2D eigenvalue weighted by Gasteiger charge is 2.40. The van der Waals surface area contributed by atoms with Crippen LogP contribution in [0.2, 0.25) is 0 Å². The second-order valence-corrected chi connectivity index (χ2v) is 9.73. The molecule has 0 spiro atoms. The van der Waals surface area contributed by atoms with E-state index in [2.05, 4.69) is 10.3 Å². The molecule has 3 aromatic rings. The van der Waals surface area contributed by atoms with Gasteiger partial charge in [0.1, 0.15) is 18.1 Å². The quantitative estimate of drug-likeness (QED) is 0.604. The molecule has 0 bridgehead atoms. The van der Waals surface area contributed by atoms with Crippen LogP contribution >= 0.6 is 0 Å². The van der Waals surface area contributed by atoms with Crippen LogP contribution in [0.5, 0.6) is 5.75 Å². The largest absolute Gasteiger partial charge is 0.487 e. The van der Waals surface area contributed by atoms with Crippen LogP contribution in [0.3, 0.4) is 0 Å². The minimum atomic E-state index is -3.54. The maximum absolute atomic E-state index is 13.3. The average molecular weight is 427 g/mol. The summed E-state index contributed by atoms with van der Waals surface area (Å²) in [6, 6.07) is 11.5. The monoisotopic (exact) mass is 426 g/mol. The molecule has 2 heterocycles. The Balaban J connectivity index is 1.44. The van der Waals surface area contributed by atoms with Gasteiger partial charge in [-0.3, -0.25) is 0 Å². The van der Waals surface area contributed by atoms with Crippen LogP contribution in [0.25, 0.3) is 0 Å². The third-order valence-corrected chi connectivity index (χ3v) is 7.89. The predicted octanol–water partition coefficient (Wildman–Crippen LogP) is 3.34. The van der Waals surface area contributed by atoms with Gasteiger partial charge in [-0.15, -0.1) is 5.10 Å². The Bertz CT molecular complexity index is 1140. The van der Waals surface area contributed by atoms with Crippen molar-refractivity contribution in [3.8, 4) is 5.75 Å². The lowest BCUT2D eigenvalue weighted by atomic mass is 10.0.